The third-order valence-corrected chi connectivity index (χ3v) is 4.74. The van der Waals surface area contributed by atoms with Crippen LogP contribution in [-0.4, -0.2) is 22.0 Å². The molecule has 158 valence electrons. The van der Waals surface area contributed by atoms with Crippen molar-refractivity contribution in [2.45, 2.75) is 18.3 Å². The number of halogens is 4. The Balaban J connectivity index is 1.69. The summed E-state index contributed by atoms with van der Waals surface area (Å²) in [4.78, 5) is 11.1. The molecule has 0 bridgehead atoms. The molecule has 1 heterocycles. The summed E-state index contributed by atoms with van der Waals surface area (Å²) < 4.78 is 60.6. The second-order valence-corrected chi connectivity index (χ2v) is 6.79. The summed E-state index contributed by atoms with van der Waals surface area (Å²) in [6, 6.07) is 15.4. The first-order chi connectivity index (χ1) is 14.9. The first-order valence-corrected chi connectivity index (χ1v) is 9.21. The van der Waals surface area contributed by atoms with Gasteiger partial charge in [0.15, 0.2) is 6.10 Å². The Hall–Kier alpha value is -3.75. The highest BCUT2D eigenvalue weighted by Gasteiger charge is 2.48. The first-order valence-electron chi connectivity index (χ1n) is 9.21. The summed E-state index contributed by atoms with van der Waals surface area (Å²) in [7, 11) is 0. The largest absolute Gasteiger partial charge is 0.483 e. The van der Waals surface area contributed by atoms with E-state index in [1.54, 1.807) is 41.1 Å². The Morgan fingerprint density at radius 1 is 0.968 bits per heavy atom. The molecule has 2 unspecified atom stereocenters. The predicted octanol–water partition coefficient (Wildman–Crippen LogP) is 5.98. The van der Waals surface area contributed by atoms with Crippen LogP contribution < -0.4 is 4.74 Å². The van der Waals surface area contributed by atoms with E-state index < -0.39 is 18.3 Å². The van der Waals surface area contributed by atoms with E-state index in [0.29, 0.717) is 16.6 Å². The van der Waals surface area contributed by atoms with Crippen molar-refractivity contribution in [3.8, 4) is 11.4 Å². The molecule has 0 amide bonds. The van der Waals surface area contributed by atoms with Crippen LogP contribution in [0.3, 0.4) is 0 Å². The lowest BCUT2D eigenvalue weighted by Crippen LogP contribution is -2.35. The van der Waals surface area contributed by atoms with Gasteiger partial charge in [0.1, 0.15) is 11.6 Å². The van der Waals surface area contributed by atoms with Gasteiger partial charge >= 0.3 is 6.18 Å². The zero-order valence-electron chi connectivity index (χ0n) is 15.8. The minimum absolute atomic E-state index is 0.123. The van der Waals surface area contributed by atoms with Gasteiger partial charge in [-0.15, -0.1) is 0 Å². The second-order valence-electron chi connectivity index (χ2n) is 6.79. The number of hydrogen-bond donors (Lipinski definition) is 0. The average molecular weight is 429 g/mol. The second kappa shape index (κ2) is 8.17. The molecule has 1 aromatic heterocycles. The zero-order valence-corrected chi connectivity index (χ0v) is 15.8. The summed E-state index contributed by atoms with van der Waals surface area (Å²) in [5.74, 6) is -0.260. The van der Waals surface area contributed by atoms with E-state index in [1.807, 2.05) is 0 Å². The molecule has 0 fully saturated rings. The van der Waals surface area contributed by atoms with Crippen LogP contribution in [0.2, 0.25) is 0 Å². The molecule has 0 aliphatic carbocycles. The molecule has 4 aromatic rings. The quantitative estimate of drug-likeness (QED) is 0.280. The van der Waals surface area contributed by atoms with E-state index in [4.69, 9.17) is 4.74 Å². The summed E-state index contributed by atoms with van der Waals surface area (Å²) in [5.41, 5.74) is 1.44. The Bertz CT molecular complexity index is 1190. The first kappa shape index (κ1) is 20.5. The van der Waals surface area contributed by atoms with Crippen molar-refractivity contribution in [1.82, 2.24) is 9.78 Å². The highest BCUT2D eigenvalue weighted by Crippen LogP contribution is 2.36. The normalized spacial score (nSPS) is 13.7. The minimum atomic E-state index is -4.88. The summed E-state index contributed by atoms with van der Waals surface area (Å²) in [5, 5.41) is 7.15. The maximum Gasteiger partial charge on any atom is 0.418 e. The fraction of sp³-hybridized carbons (Fsp3) is 0.136. The van der Waals surface area contributed by atoms with Crippen LogP contribution in [0.4, 0.5) is 17.6 Å². The highest BCUT2D eigenvalue weighted by molar-refractivity contribution is 5.81. The van der Waals surface area contributed by atoms with Crippen molar-refractivity contribution in [3.05, 3.63) is 95.3 Å². The van der Waals surface area contributed by atoms with Gasteiger partial charge in [-0.05, 0) is 48.0 Å². The number of nitrogens with zero attached hydrogens (tertiary/aromatic N) is 3. The van der Waals surface area contributed by atoms with Crippen molar-refractivity contribution < 1.29 is 22.3 Å². The standard InChI is InChI=1S/C22H15F4N3O2/c23-16-6-8-17(9-7-16)29-19-11-10-18(12-15(19)13-27-29)31-20(14-4-2-1-3-5-14)21(28-30)22(24,25)26/h1-13,20-21H. The van der Waals surface area contributed by atoms with Crippen LogP contribution in [0.1, 0.15) is 11.7 Å². The summed E-state index contributed by atoms with van der Waals surface area (Å²) in [6.45, 7) is 0. The Labute approximate surface area is 173 Å². The van der Waals surface area contributed by atoms with E-state index in [0.717, 1.165) is 0 Å². The van der Waals surface area contributed by atoms with Gasteiger partial charge in [-0.25, -0.2) is 9.07 Å². The lowest BCUT2D eigenvalue weighted by atomic mass is 10.0. The molecule has 0 spiro atoms. The number of rotatable bonds is 6. The third kappa shape index (κ3) is 4.25. The van der Waals surface area contributed by atoms with Gasteiger partial charge in [0, 0.05) is 5.39 Å². The molecule has 2 atom stereocenters. The highest BCUT2D eigenvalue weighted by atomic mass is 19.4. The molecule has 0 saturated carbocycles. The summed E-state index contributed by atoms with van der Waals surface area (Å²) in [6.07, 6.45) is -5.01. The van der Waals surface area contributed by atoms with Crippen molar-refractivity contribution in [3.63, 3.8) is 0 Å². The average Bonchev–Trinajstić information content (AvgIpc) is 3.17. The maximum atomic E-state index is 13.4. The fourth-order valence-electron chi connectivity index (χ4n) is 3.26. The van der Waals surface area contributed by atoms with Gasteiger partial charge in [-0.3, -0.25) is 0 Å². The number of benzene rings is 3. The number of aromatic nitrogens is 2. The van der Waals surface area contributed by atoms with Gasteiger partial charge in [0.25, 0.3) is 0 Å². The van der Waals surface area contributed by atoms with Crippen molar-refractivity contribution in [2.75, 3.05) is 0 Å². The molecule has 4 rings (SSSR count). The lowest BCUT2D eigenvalue weighted by Gasteiger charge is -2.25. The van der Waals surface area contributed by atoms with Crippen LogP contribution in [0.25, 0.3) is 16.6 Å². The number of ether oxygens (including phenoxy) is 1. The predicted molar refractivity (Wildman–Crippen MR) is 106 cm³/mol. The molecule has 0 radical (unpaired) electrons. The van der Waals surface area contributed by atoms with Gasteiger partial charge in [0.05, 0.1) is 17.4 Å². The molecule has 0 aliphatic heterocycles. The van der Waals surface area contributed by atoms with E-state index in [9.17, 15) is 22.5 Å². The van der Waals surface area contributed by atoms with Crippen LogP contribution >= 0.6 is 0 Å². The lowest BCUT2D eigenvalue weighted by molar-refractivity contribution is -0.166. The number of fused-ring (bicyclic) bond motifs is 1. The van der Waals surface area contributed by atoms with Gasteiger partial charge in [-0.2, -0.15) is 23.2 Å². The van der Waals surface area contributed by atoms with Crippen molar-refractivity contribution in [1.29, 1.82) is 0 Å². The molecule has 3 aromatic carbocycles. The molecule has 0 aliphatic rings. The Kier molecular flexibility index (Phi) is 5.41. The van der Waals surface area contributed by atoms with Gasteiger partial charge < -0.3 is 4.74 Å². The molecule has 9 heteroatoms. The molecule has 31 heavy (non-hydrogen) atoms. The van der Waals surface area contributed by atoms with Crippen LogP contribution in [0.15, 0.2) is 84.2 Å². The maximum absolute atomic E-state index is 13.4. The molecule has 0 saturated heterocycles. The molecular weight excluding hydrogens is 414 g/mol. The van der Waals surface area contributed by atoms with Gasteiger partial charge in [-0.1, -0.05) is 35.5 Å². The van der Waals surface area contributed by atoms with E-state index in [1.165, 1.54) is 42.6 Å². The topological polar surface area (TPSA) is 56.5 Å². The van der Waals surface area contributed by atoms with Crippen LogP contribution in [0.5, 0.6) is 5.75 Å². The van der Waals surface area contributed by atoms with Crippen LogP contribution in [-0.2, 0) is 0 Å². The molecule has 5 nitrogen and oxygen atoms in total. The SMILES string of the molecule is O=NC(C(Oc1ccc2c(cnn2-c2ccc(F)cc2)c1)c1ccccc1)C(F)(F)F. The number of alkyl halides is 3. The van der Waals surface area contributed by atoms with Gasteiger partial charge in [0.2, 0.25) is 6.04 Å². The van der Waals surface area contributed by atoms with Crippen LogP contribution in [0, 0.1) is 10.7 Å². The third-order valence-electron chi connectivity index (χ3n) is 4.74. The smallest absolute Gasteiger partial charge is 0.418 e. The summed E-state index contributed by atoms with van der Waals surface area (Å²) >= 11 is 0. The monoisotopic (exact) mass is 429 g/mol. The van der Waals surface area contributed by atoms with Crippen molar-refractivity contribution in [2.24, 2.45) is 5.18 Å². The van der Waals surface area contributed by atoms with Crippen molar-refractivity contribution >= 4 is 10.9 Å². The molecular formula is C22H15F4N3O2. The zero-order chi connectivity index (χ0) is 22.0. The Morgan fingerprint density at radius 3 is 2.32 bits per heavy atom. The number of nitroso groups, excluding NO2 is 1. The number of hydrogen-bond acceptors (Lipinski definition) is 4. The molecule has 0 N–H and O–H groups in total. The fourth-order valence-corrected chi connectivity index (χ4v) is 3.26. The van der Waals surface area contributed by atoms with E-state index >= 15 is 0 Å². The Morgan fingerprint density at radius 2 is 1.68 bits per heavy atom. The van der Waals surface area contributed by atoms with E-state index in [-0.39, 0.29) is 17.1 Å². The van der Waals surface area contributed by atoms with E-state index in [2.05, 4.69) is 10.3 Å². The minimum Gasteiger partial charge on any atom is -0.483 e.